The zero-order valence-electron chi connectivity index (χ0n) is 13.6. The van der Waals surface area contributed by atoms with Gasteiger partial charge in [0.25, 0.3) is 0 Å². The van der Waals surface area contributed by atoms with Gasteiger partial charge in [-0.05, 0) is 23.8 Å². The highest BCUT2D eigenvalue weighted by atomic mass is 16.4. The van der Waals surface area contributed by atoms with Gasteiger partial charge in [-0.2, -0.15) is 0 Å². The summed E-state index contributed by atoms with van der Waals surface area (Å²) in [6, 6.07) is 15.1. The molecule has 0 spiro atoms. The Hall–Kier alpha value is -2.62. The van der Waals surface area contributed by atoms with E-state index in [2.05, 4.69) is 25.3 Å². The van der Waals surface area contributed by atoms with Crippen molar-refractivity contribution < 1.29 is 9.90 Å². The van der Waals surface area contributed by atoms with Crippen LogP contribution < -0.4 is 0 Å². The lowest BCUT2D eigenvalue weighted by Gasteiger charge is -2.20. The van der Waals surface area contributed by atoms with Gasteiger partial charge in [0.2, 0.25) is 0 Å². The number of fused-ring (bicyclic) bond motifs is 1. The summed E-state index contributed by atoms with van der Waals surface area (Å²) < 4.78 is 2.12. The van der Waals surface area contributed by atoms with Crippen molar-refractivity contribution in [3.05, 3.63) is 65.5 Å². The Bertz CT molecular complexity index is 872. The van der Waals surface area contributed by atoms with Crippen LogP contribution in [0.4, 0.5) is 0 Å². The highest BCUT2D eigenvalue weighted by Gasteiger charge is 2.23. The van der Waals surface area contributed by atoms with Crippen molar-refractivity contribution in [1.82, 2.24) is 9.55 Å². The van der Waals surface area contributed by atoms with E-state index in [1.807, 2.05) is 36.4 Å². The van der Waals surface area contributed by atoms with Gasteiger partial charge in [-0.15, -0.1) is 0 Å². The zero-order chi connectivity index (χ0) is 16.6. The zero-order valence-corrected chi connectivity index (χ0v) is 13.6. The SMILES string of the molecule is CC(C)(C)c1nc2ccccc2n1Cc1ccccc1C(=O)O. The second kappa shape index (κ2) is 5.54. The molecule has 1 heterocycles. The van der Waals surface area contributed by atoms with Gasteiger partial charge < -0.3 is 9.67 Å². The van der Waals surface area contributed by atoms with Crippen molar-refractivity contribution in [3.8, 4) is 0 Å². The molecule has 3 rings (SSSR count). The van der Waals surface area contributed by atoms with Crippen LogP contribution in [0.2, 0.25) is 0 Å². The quantitative estimate of drug-likeness (QED) is 0.793. The average Bonchev–Trinajstić information content (AvgIpc) is 2.87. The number of hydrogen-bond acceptors (Lipinski definition) is 2. The summed E-state index contributed by atoms with van der Waals surface area (Å²) in [5, 5.41) is 9.41. The number of rotatable bonds is 3. The number of aromatic carboxylic acids is 1. The predicted molar refractivity (Wildman–Crippen MR) is 90.9 cm³/mol. The fourth-order valence-electron chi connectivity index (χ4n) is 2.85. The van der Waals surface area contributed by atoms with Gasteiger partial charge in [0.05, 0.1) is 23.1 Å². The van der Waals surface area contributed by atoms with Crippen LogP contribution in [0.3, 0.4) is 0 Å². The van der Waals surface area contributed by atoms with Gasteiger partial charge >= 0.3 is 5.97 Å². The minimum absolute atomic E-state index is 0.128. The molecule has 0 aliphatic heterocycles. The van der Waals surface area contributed by atoms with Crippen LogP contribution in [0, 0.1) is 0 Å². The minimum Gasteiger partial charge on any atom is -0.478 e. The van der Waals surface area contributed by atoms with Crippen LogP contribution in [-0.2, 0) is 12.0 Å². The minimum atomic E-state index is -0.901. The lowest BCUT2D eigenvalue weighted by Crippen LogP contribution is -2.20. The molecule has 4 nitrogen and oxygen atoms in total. The molecule has 0 aliphatic carbocycles. The summed E-state index contributed by atoms with van der Waals surface area (Å²) in [4.78, 5) is 16.2. The molecule has 0 unspecified atom stereocenters. The van der Waals surface area contributed by atoms with Gasteiger partial charge in [0, 0.05) is 5.41 Å². The number of carbonyl (C=O) groups is 1. The molecule has 23 heavy (non-hydrogen) atoms. The van der Waals surface area contributed by atoms with Crippen LogP contribution in [0.1, 0.15) is 42.5 Å². The first-order valence-electron chi connectivity index (χ1n) is 7.65. The average molecular weight is 308 g/mol. The molecule has 118 valence electrons. The first-order chi connectivity index (χ1) is 10.9. The van der Waals surface area contributed by atoms with E-state index in [-0.39, 0.29) is 5.41 Å². The van der Waals surface area contributed by atoms with Crippen molar-refractivity contribution in [2.45, 2.75) is 32.7 Å². The Balaban J connectivity index is 2.19. The van der Waals surface area contributed by atoms with E-state index in [9.17, 15) is 9.90 Å². The lowest BCUT2D eigenvalue weighted by molar-refractivity contribution is 0.0695. The van der Waals surface area contributed by atoms with Crippen LogP contribution in [0.25, 0.3) is 11.0 Å². The standard InChI is InChI=1S/C19H20N2O2/c1-19(2,3)18-20-15-10-6-7-11-16(15)21(18)12-13-8-4-5-9-14(13)17(22)23/h4-11H,12H2,1-3H3,(H,22,23). The third kappa shape index (κ3) is 2.84. The third-order valence-electron chi connectivity index (χ3n) is 3.90. The van der Waals surface area contributed by atoms with E-state index >= 15 is 0 Å². The first kappa shape index (κ1) is 15.3. The summed E-state index contributed by atoms with van der Waals surface area (Å²) in [5.74, 6) is 0.0567. The number of para-hydroxylation sites is 2. The Morgan fingerprint density at radius 3 is 2.43 bits per heavy atom. The molecule has 1 aromatic heterocycles. The Morgan fingerprint density at radius 1 is 1.09 bits per heavy atom. The fraction of sp³-hybridized carbons (Fsp3) is 0.263. The van der Waals surface area contributed by atoms with E-state index in [0.29, 0.717) is 12.1 Å². The second-order valence-electron chi connectivity index (χ2n) is 6.72. The first-order valence-corrected chi connectivity index (χ1v) is 7.65. The van der Waals surface area contributed by atoms with E-state index in [0.717, 1.165) is 22.4 Å². The van der Waals surface area contributed by atoms with Crippen molar-refractivity contribution in [2.75, 3.05) is 0 Å². The molecule has 2 aromatic carbocycles. The molecule has 0 amide bonds. The highest BCUT2D eigenvalue weighted by molar-refractivity contribution is 5.89. The second-order valence-corrected chi connectivity index (χ2v) is 6.72. The van der Waals surface area contributed by atoms with Gasteiger partial charge in [-0.25, -0.2) is 9.78 Å². The largest absolute Gasteiger partial charge is 0.478 e. The summed E-state index contributed by atoms with van der Waals surface area (Å²) in [7, 11) is 0. The van der Waals surface area contributed by atoms with Gasteiger partial charge in [-0.1, -0.05) is 51.1 Å². The molecule has 0 aliphatic rings. The Kier molecular flexibility index (Phi) is 3.68. The molecule has 0 bridgehead atoms. The Morgan fingerprint density at radius 2 is 1.74 bits per heavy atom. The maximum Gasteiger partial charge on any atom is 0.336 e. The summed E-state index contributed by atoms with van der Waals surface area (Å²) in [6.07, 6.45) is 0. The molecule has 1 N–H and O–H groups in total. The Labute approximate surface area is 135 Å². The summed E-state index contributed by atoms with van der Waals surface area (Å²) in [6.45, 7) is 6.85. The third-order valence-corrected chi connectivity index (χ3v) is 3.90. The summed E-state index contributed by atoms with van der Waals surface area (Å²) >= 11 is 0. The molecule has 0 radical (unpaired) electrons. The monoisotopic (exact) mass is 308 g/mol. The molecule has 3 aromatic rings. The van der Waals surface area contributed by atoms with Crippen LogP contribution in [0.5, 0.6) is 0 Å². The molecular weight excluding hydrogens is 288 g/mol. The number of benzene rings is 2. The van der Waals surface area contributed by atoms with Gasteiger partial charge in [-0.3, -0.25) is 0 Å². The van der Waals surface area contributed by atoms with E-state index < -0.39 is 5.97 Å². The van der Waals surface area contributed by atoms with E-state index in [1.54, 1.807) is 12.1 Å². The number of carboxylic acid groups (broad SMARTS) is 1. The lowest BCUT2D eigenvalue weighted by atomic mass is 9.95. The van der Waals surface area contributed by atoms with E-state index in [1.165, 1.54) is 0 Å². The molecule has 0 atom stereocenters. The van der Waals surface area contributed by atoms with Crippen molar-refractivity contribution in [3.63, 3.8) is 0 Å². The van der Waals surface area contributed by atoms with Crippen molar-refractivity contribution in [1.29, 1.82) is 0 Å². The van der Waals surface area contributed by atoms with Gasteiger partial charge in [0.1, 0.15) is 5.82 Å². The summed E-state index contributed by atoms with van der Waals surface area (Å²) in [5.41, 5.74) is 2.96. The van der Waals surface area contributed by atoms with Gasteiger partial charge in [0.15, 0.2) is 0 Å². The number of carboxylic acids is 1. The fourth-order valence-corrected chi connectivity index (χ4v) is 2.85. The maximum absolute atomic E-state index is 11.5. The molecular formula is C19H20N2O2. The smallest absolute Gasteiger partial charge is 0.336 e. The predicted octanol–water partition coefficient (Wildman–Crippen LogP) is 4.08. The van der Waals surface area contributed by atoms with Crippen LogP contribution in [0.15, 0.2) is 48.5 Å². The normalized spacial score (nSPS) is 11.8. The highest BCUT2D eigenvalue weighted by Crippen LogP contribution is 2.27. The van der Waals surface area contributed by atoms with E-state index in [4.69, 9.17) is 4.98 Å². The molecule has 0 fully saturated rings. The van der Waals surface area contributed by atoms with Crippen LogP contribution in [-0.4, -0.2) is 20.6 Å². The van der Waals surface area contributed by atoms with Crippen molar-refractivity contribution in [2.24, 2.45) is 0 Å². The topological polar surface area (TPSA) is 55.1 Å². The number of imidazole rings is 1. The number of nitrogens with zero attached hydrogens (tertiary/aromatic N) is 2. The van der Waals surface area contributed by atoms with Crippen molar-refractivity contribution >= 4 is 17.0 Å². The maximum atomic E-state index is 11.5. The molecule has 0 saturated heterocycles. The molecule has 4 heteroatoms. The number of hydrogen-bond donors (Lipinski definition) is 1. The molecule has 0 saturated carbocycles. The number of aromatic nitrogens is 2. The van der Waals surface area contributed by atoms with Crippen LogP contribution >= 0.6 is 0 Å².